The van der Waals surface area contributed by atoms with Gasteiger partial charge in [0.25, 0.3) is 0 Å². The van der Waals surface area contributed by atoms with Gasteiger partial charge in [-0.25, -0.2) is 4.39 Å². The Morgan fingerprint density at radius 1 is 1.16 bits per heavy atom. The molecule has 0 aliphatic rings. The topological polar surface area (TPSA) is 24.9 Å². The molecule has 0 bridgehead atoms. The third kappa shape index (κ3) is 3.29. The molecule has 0 aliphatic heterocycles. The van der Waals surface area contributed by atoms with Gasteiger partial charge in [-0.3, -0.25) is 4.98 Å². The van der Waals surface area contributed by atoms with E-state index in [2.05, 4.69) is 44.1 Å². The number of halogens is 1. The fraction of sp³-hybridized carbons (Fsp3) is 0.438. The molecule has 0 atom stereocenters. The summed E-state index contributed by atoms with van der Waals surface area (Å²) in [7, 11) is 0. The van der Waals surface area contributed by atoms with E-state index in [0.29, 0.717) is 12.0 Å². The maximum atomic E-state index is 13.4. The molecule has 102 valence electrons. The van der Waals surface area contributed by atoms with Gasteiger partial charge in [-0.1, -0.05) is 27.7 Å². The summed E-state index contributed by atoms with van der Waals surface area (Å²) in [5.41, 5.74) is 3.04. The summed E-state index contributed by atoms with van der Waals surface area (Å²) in [6.07, 6.45) is 0. The molecule has 2 aromatic rings. The number of hydrogen-bond donors (Lipinski definition) is 1. The lowest BCUT2D eigenvalue weighted by molar-refractivity contribution is 0.589. The lowest BCUT2D eigenvalue weighted by Gasteiger charge is -2.14. The highest BCUT2D eigenvalue weighted by atomic mass is 19.1. The summed E-state index contributed by atoms with van der Waals surface area (Å²) < 4.78 is 13.4. The Morgan fingerprint density at radius 2 is 1.89 bits per heavy atom. The van der Waals surface area contributed by atoms with Gasteiger partial charge in [0.15, 0.2) is 0 Å². The van der Waals surface area contributed by atoms with E-state index in [-0.39, 0.29) is 5.82 Å². The smallest absolute Gasteiger partial charge is 0.123 e. The maximum absolute atomic E-state index is 13.4. The molecule has 0 saturated heterocycles. The molecule has 2 nitrogen and oxygen atoms in total. The molecule has 1 aromatic carbocycles. The molecule has 1 N–H and O–H groups in total. The highest BCUT2D eigenvalue weighted by Gasteiger charge is 2.09. The minimum Gasteiger partial charge on any atom is -0.310 e. The molecular weight excluding hydrogens is 239 g/mol. The van der Waals surface area contributed by atoms with Crippen LogP contribution in [-0.2, 0) is 6.54 Å². The monoisotopic (exact) mass is 260 g/mol. The van der Waals surface area contributed by atoms with Crippen LogP contribution in [0.4, 0.5) is 4.39 Å². The van der Waals surface area contributed by atoms with Crippen LogP contribution in [0.3, 0.4) is 0 Å². The van der Waals surface area contributed by atoms with Crippen LogP contribution >= 0.6 is 0 Å². The van der Waals surface area contributed by atoms with E-state index < -0.39 is 0 Å². The lowest BCUT2D eigenvalue weighted by atomic mass is 10.0. The largest absolute Gasteiger partial charge is 0.310 e. The second kappa shape index (κ2) is 5.66. The molecule has 0 amide bonds. The second-order valence-corrected chi connectivity index (χ2v) is 5.56. The number of rotatable bonds is 4. The molecule has 0 radical (unpaired) electrons. The van der Waals surface area contributed by atoms with Gasteiger partial charge in [-0.2, -0.15) is 0 Å². The van der Waals surface area contributed by atoms with Gasteiger partial charge in [-0.05, 0) is 35.7 Å². The highest BCUT2D eigenvalue weighted by Crippen LogP contribution is 2.23. The summed E-state index contributed by atoms with van der Waals surface area (Å²) in [6.45, 7) is 9.19. The number of benzene rings is 1. The minimum atomic E-state index is -0.211. The van der Waals surface area contributed by atoms with Crippen LogP contribution < -0.4 is 5.32 Å². The van der Waals surface area contributed by atoms with Crippen molar-refractivity contribution in [1.29, 1.82) is 0 Å². The molecule has 19 heavy (non-hydrogen) atoms. The Hall–Kier alpha value is -1.48. The van der Waals surface area contributed by atoms with Crippen LogP contribution in [0.25, 0.3) is 10.9 Å². The van der Waals surface area contributed by atoms with Crippen LogP contribution in [0, 0.1) is 5.82 Å². The van der Waals surface area contributed by atoms with E-state index in [0.717, 1.165) is 28.7 Å². The molecular formula is C16H21FN2. The van der Waals surface area contributed by atoms with Crippen LogP contribution in [0.5, 0.6) is 0 Å². The zero-order valence-corrected chi connectivity index (χ0v) is 12.0. The number of fused-ring (bicyclic) bond motifs is 1. The highest BCUT2D eigenvalue weighted by molar-refractivity contribution is 5.82. The first kappa shape index (κ1) is 13.9. The quantitative estimate of drug-likeness (QED) is 0.899. The summed E-state index contributed by atoms with van der Waals surface area (Å²) in [4.78, 5) is 4.61. The van der Waals surface area contributed by atoms with E-state index in [1.807, 2.05) is 0 Å². The van der Waals surface area contributed by atoms with Crippen molar-refractivity contribution in [3.63, 3.8) is 0 Å². The van der Waals surface area contributed by atoms with Crippen LogP contribution in [0.1, 0.15) is 44.9 Å². The Bertz CT molecular complexity index is 576. The van der Waals surface area contributed by atoms with Crippen molar-refractivity contribution < 1.29 is 4.39 Å². The molecule has 0 saturated carbocycles. The van der Waals surface area contributed by atoms with Crippen molar-refractivity contribution in [2.45, 2.75) is 46.2 Å². The third-order valence-electron chi connectivity index (χ3n) is 3.17. The van der Waals surface area contributed by atoms with Gasteiger partial charge in [0.05, 0.1) is 5.52 Å². The Labute approximate surface area is 114 Å². The van der Waals surface area contributed by atoms with Crippen LogP contribution in [-0.4, -0.2) is 11.0 Å². The molecule has 1 aromatic heterocycles. The van der Waals surface area contributed by atoms with Crippen molar-refractivity contribution >= 4 is 10.9 Å². The first-order chi connectivity index (χ1) is 8.97. The first-order valence-corrected chi connectivity index (χ1v) is 6.80. The Balaban J connectivity index is 2.52. The van der Waals surface area contributed by atoms with E-state index in [9.17, 15) is 4.39 Å². The predicted octanol–water partition coefficient (Wildman–Crippen LogP) is 4.00. The number of aromatic nitrogens is 1. The van der Waals surface area contributed by atoms with Gasteiger partial charge in [0.1, 0.15) is 5.82 Å². The van der Waals surface area contributed by atoms with E-state index in [1.165, 1.54) is 6.07 Å². The minimum absolute atomic E-state index is 0.211. The SMILES string of the molecule is CC(C)NCc1cc(C(C)C)nc2ccc(F)cc12. The van der Waals surface area contributed by atoms with Gasteiger partial charge >= 0.3 is 0 Å². The average molecular weight is 260 g/mol. The lowest BCUT2D eigenvalue weighted by Crippen LogP contribution is -2.22. The molecule has 0 unspecified atom stereocenters. The van der Waals surface area contributed by atoms with Crippen molar-refractivity contribution in [3.8, 4) is 0 Å². The van der Waals surface area contributed by atoms with Crippen LogP contribution in [0.15, 0.2) is 24.3 Å². The van der Waals surface area contributed by atoms with E-state index in [4.69, 9.17) is 0 Å². The van der Waals surface area contributed by atoms with Gasteiger partial charge in [0, 0.05) is 23.7 Å². The fourth-order valence-electron chi connectivity index (χ4n) is 2.05. The molecule has 3 heteroatoms. The summed E-state index contributed by atoms with van der Waals surface area (Å²) >= 11 is 0. The number of nitrogens with one attached hydrogen (secondary N) is 1. The number of pyridine rings is 1. The molecule has 0 fully saturated rings. The second-order valence-electron chi connectivity index (χ2n) is 5.56. The zero-order chi connectivity index (χ0) is 14.0. The first-order valence-electron chi connectivity index (χ1n) is 6.80. The van der Waals surface area contributed by atoms with Gasteiger partial charge in [-0.15, -0.1) is 0 Å². The van der Waals surface area contributed by atoms with E-state index in [1.54, 1.807) is 12.1 Å². The summed E-state index contributed by atoms with van der Waals surface area (Å²) in [6, 6.07) is 7.29. The Kier molecular flexibility index (Phi) is 4.15. The summed E-state index contributed by atoms with van der Waals surface area (Å²) in [5, 5.41) is 4.29. The Morgan fingerprint density at radius 3 is 2.53 bits per heavy atom. The maximum Gasteiger partial charge on any atom is 0.123 e. The van der Waals surface area contributed by atoms with Gasteiger partial charge in [0.2, 0.25) is 0 Å². The van der Waals surface area contributed by atoms with Crippen molar-refractivity contribution in [1.82, 2.24) is 10.3 Å². The summed E-state index contributed by atoms with van der Waals surface area (Å²) in [5.74, 6) is 0.157. The van der Waals surface area contributed by atoms with Crippen molar-refractivity contribution in [2.75, 3.05) is 0 Å². The number of hydrogen-bond acceptors (Lipinski definition) is 2. The third-order valence-corrected chi connectivity index (χ3v) is 3.17. The molecule has 0 aliphatic carbocycles. The average Bonchev–Trinajstić information content (AvgIpc) is 2.35. The molecule has 0 spiro atoms. The van der Waals surface area contributed by atoms with Crippen LogP contribution in [0.2, 0.25) is 0 Å². The van der Waals surface area contributed by atoms with E-state index >= 15 is 0 Å². The van der Waals surface area contributed by atoms with Gasteiger partial charge < -0.3 is 5.32 Å². The van der Waals surface area contributed by atoms with Crippen molar-refractivity contribution in [3.05, 3.63) is 41.3 Å². The number of nitrogens with zero attached hydrogens (tertiary/aromatic N) is 1. The molecule has 1 heterocycles. The molecule has 2 rings (SSSR count). The fourth-order valence-corrected chi connectivity index (χ4v) is 2.05. The van der Waals surface area contributed by atoms with Crippen molar-refractivity contribution in [2.24, 2.45) is 0 Å². The normalized spacial score (nSPS) is 11.7. The standard InChI is InChI=1S/C16H21FN2/c1-10(2)16-7-12(9-18-11(3)4)14-8-13(17)5-6-15(14)19-16/h5-8,10-11,18H,9H2,1-4H3. The predicted molar refractivity (Wildman–Crippen MR) is 77.8 cm³/mol. The zero-order valence-electron chi connectivity index (χ0n) is 12.0.